The first-order chi connectivity index (χ1) is 7.36. The predicted octanol–water partition coefficient (Wildman–Crippen LogP) is 1.77. The fourth-order valence-corrected chi connectivity index (χ4v) is 2.16. The van der Waals surface area contributed by atoms with Crippen molar-refractivity contribution in [2.45, 2.75) is 38.5 Å². The van der Waals surface area contributed by atoms with Crippen molar-refractivity contribution in [1.82, 2.24) is 4.90 Å². The summed E-state index contributed by atoms with van der Waals surface area (Å²) in [7, 11) is 0. The summed E-state index contributed by atoms with van der Waals surface area (Å²) in [5, 5.41) is 17.5. The van der Waals surface area contributed by atoms with Crippen LogP contribution in [0.5, 0.6) is 0 Å². The highest BCUT2D eigenvalue weighted by Gasteiger charge is 2.18. The van der Waals surface area contributed by atoms with Crippen LogP contribution in [-0.2, 0) is 0 Å². The molecule has 0 amide bonds. The average molecular weight is 210 g/mol. The third-order valence-corrected chi connectivity index (χ3v) is 3.07. The molecule has 15 heavy (non-hydrogen) atoms. The molecule has 1 rings (SSSR count). The molecule has 0 aliphatic carbocycles. The Balaban J connectivity index is 2.03. The van der Waals surface area contributed by atoms with E-state index in [-0.39, 0.29) is 5.92 Å². The van der Waals surface area contributed by atoms with E-state index in [0.29, 0.717) is 6.61 Å². The SMILES string of the molecule is N#CC1CCCN(CCCCCCO)C1. The summed E-state index contributed by atoms with van der Waals surface area (Å²) in [6, 6.07) is 2.37. The minimum Gasteiger partial charge on any atom is -0.396 e. The van der Waals surface area contributed by atoms with E-state index in [9.17, 15) is 0 Å². The molecule has 3 heteroatoms. The lowest BCUT2D eigenvalue weighted by Gasteiger charge is -2.29. The first-order valence-corrected chi connectivity index (χ1v) is 6.09. The third-order valence-electron chi connectivity index (χ3n) is 3.07. The topological polar surface area (TPSA) is 47.3 Å². The van der Waals surface area contributed by atoms with Gasteiger partial charge in [0, 0.05) is 13.2 Å². The van der Waals surface area contributed by atoms with Crippen LogP contribution in [0.1, 0.15) is 38.5 Å². The fourth-order valence-electron chi connectivity index (χ4n) is 2.16. The Bertz CT molecular complexity index is 200. The maximum absolute atomic E-state index is 8.85. The Hall–Kier alpha value is -0.590. The summed E-state index contributed by atoms with van der Waals surface area (Å²) >= 11 is 0. The average Bonchev–Trinajstić information content (AvgIpc) is 2.29. The van der Waals surface area contributed by atoms with Crippen molar-refractivity contribution in [3.8, 4) is 6.07 Å². The Kier molecular flexibility index (Phi) is 6.38. The second kappa shape index (κ2) is 7.67. The highest BCUT2D eigenvalue weighted by Crippen LogP contribution is 2.16. The smallest absolute Gasteiger partial charge is 0.0669 e. The number of aliphatic hydroxyl groups is 1. The van der Waals surface area contributed by atoms with Gasteiger partial charge in [-0.1, -0.05) is 12.8 Å². The van der Waals surface area contributed by atoms with Gasteiger partial charge in [-0.25, -0.2) is 0 Å². The Morgan fingerprint density at radius 2 is 2.07 bits per heavy atom. The summed E-state index contributed by atoms with van der Waals surface area (Å²) in [4.78, 5) is 2.41. The molecule has 86 valence electrons. The lowest BCUT2D eigenvalue weighted by molar-refractivity contribution is 0.195. The molecule has 1 aliphatic heterocycles. The van der Waals surface area contributed by atoms with Gasteiger partial charge in [0.1, 0.15) is 0 Å². The lowest BCUT2D eigenvalue weighted by atomic mass is 9.99. The van der Waals surface area contributed by atoms with E-state index in [1.54, 1.807) is 0 Å². The van der Waals surface area contributed by atoms with Crippen LogP contribution in [0.2, 0.25) is 0 Å². The number of likely N-dealkylation sites (tertiary alicyclic amines) is 1. The summed E-state index contributed by atoms with van der Waals surface area (Å²) in [5.41, 5.74) is 0. The first kappa shape index (κ1) is 12.5. The maximum Gasteiger partial charge on any atom is 0.0669 e. The Labute approximate surface area is 92.7 Å². The van der Waals surface area contributed by atoms with E-state index in [4.69, 9.17) is 10.4 Å². The molecular formula is C12H22N2O. The molecule has 0 bridgehead atoms. The van der Waals surface area contributed by atoms with Crippen molar-refractivity contribution in [3.05, 3.63) is 0 Å². The summed E-state index contributed by atoms with van der Waals surface area (Å²) in [5.74, 6) is 0.260. The Morgan fingerprint density at radius 3 is 2.80 bits per heavy atom. The predicted molar refractivity (Wildman–Crippen MR) is 60.3 cm³/mol. The van der Waals surface area contributed by atoms with Gasteiger partial charge in [0.15, 0.2) is 0 Å². The summed E-state index contributed by atoms with van der Waals surface area (Å²) in [6.07, 6.45) is 6.73. The van der Waals surface area contributed by atoms with Crippen LogP contribution >= 0.6 is 0 Å². The van der Waals surface area contributed by atoms with Gasteiger partial charge in [-0.2, -0.15) is 5.26 Å². The molecule has 0 spiro atoms. The molecule has 1 aliphatic rings. The van der Waals surface area contributed by atoms with Crippen LogP contribution in [0.3, 0.4) is 0 Å². The van der Waals surface area contributed by atoms with E-state index in [1.807, 2.05) is 0 Å². The number of unbranched alkanes of at least 4 members (excludes halogenated alkanes) is 3. The fraction of sp³-hybridized carbons (Fsp3) is 0.917. The second-order valence-electron chi connectivity index (χ2n) is 4.41. The molecule has 0 aromatic rings. The van der Waals surface area contributed by atoms with Gasteiger partial charge in [0.05, 0.1) is 12.0 Å². The molecule has 0 radical (unpaired) electrons. The van der Waals surface area contributed by atoms with Crippen molar-refractivity contribution in [3.63, 3.8) is 0 Å². The van der Waals surface area contributed by atoms with Gasteiger partial charge in [0.2, 0.25) is 0 Å². The molecule has 0 aromatic heterocycles. The minimum absolute atomic E-state index is 0.260. The second-order valence-corrected chi connectivity index (χ2v) is 4.41. The van der Waals surface area contributed by atoms with Gasteiger partial charge in [-0.15, -0.1) is 0 Å². The van der Waals surface area contributed by atoms with Crippen molar-refractivity contribution < 1.29 is 5.11 Å². The minimum atomic E-state index is 0.260. The highest BCUT2D eigenvalue weighted by molar-refractivity contribution is 4.88. The van der Waals surface area contributed by atoms with Gasteiger partial charge in [-0.05, 0) is 38.8 Å². The van der Waals surface area contributed by atoms with E-state index in [1.165, 1.54) is 19.3 Å². The molecule has 1 unspecified atom stereocenters. The van der Waals surface area contributed by atoms with Crippen LogP contribution in [0, 0.1) is 17.2 Å². The van der Waals surface area contributed by atoms with Crippen molar-refractivity contribution in [2.24, 2.45) is 5.92 Å². The molecule has 1 atom stereocenters. The van der Waals surface area contributed by atoms with Crippen LogP contribution in [0.25, 0.3) is 0 Å². The normalized spacial score (nSPS) is 22.5. The van der Waals surface area contributed by atoms with Gasteiger partial charge >= 0.3 is 0 Å². The first-order valence-electron chi connectivity index (χ1n) is 6.09. The van der Waals surface area contributed by atoms with E-state index in [2.05, 4.69) is 11.0 Å². The third kappa shape index (κ3) is 5.15. The molecule has 1 fully saturated rings. The van der Waals surface area contributed by atoms with Crippen LogP contribution in [0.4, 0.5) is 0 Å². The van der Waals surface area contributed by atoms with Crippen molar-refractivity contribution in [1.29, 1.82) is 5.26 Å². The highest BCUT2D eigenvalue weighted by atomic mass is 16.2. The van der Waals surface area contributed by atoms with E-state index in [0.717, 1.165) is 38.9 Å². The zero-order valence-corrected chi connectivity index (χ0v) is 9.49. The molecule has 1 heterocycles. The largest absolute Gasteiger partial charge is 0.396 e. The van der Waals surface area contributed by atoms with Crippen LogP contribution in [0.15, 0.2) is 0 Å². The monoisotopic (exact) mass is 210 g/mol. The number of piperidine rings is 1. The number of aliphatic hydroxyl groups excluding tert-OH is 1. The van der Waals surface area contributed by atoms with Crippen LogP contribution in [-0.4, -0.2) is 36.2 Å². The lowest BCUT2D eigenvalue weighted by Crippen LogP contribution is -2.35. The van der Waals surface area contributed by atoms with Crippen molar-refractivity contribution in [2.75, 3.05) is 26.2 Å². The quantitative estimate of drug-likeness (QED) is 0.680. The maximum atomic E-state index is 8.85. The van der Waals surface area contributed by atoms with Gasteiger partial charge < -0.3 is 10.0 Å². The number of nitriles is 1. The number of nitrogens with zero attached hydrogens (tertiary/aromatic N) is 2. The van der Waals surface area contributed by atoms with E-state index >= 15 is 0 Å². The summed E-state index contributed by atoms with van der Waals surface area (Å²) in [6.45, 7) is 3.58. The molecule has 3 nitrogen and oxygen atoms in total. The zero-order valence-electron chi connectivity index (χ0n) is 9.49. The molecular weight excluding hydrogens is 188 g/mol. The molecule has 1 N–H and O–H groups in total. The number of hydrogen-bond acceptors (Lipinski definition) is 3. The Morgan fingerprint density at radius 1 is 1.27 bits per heavy atom. The molecule has 1 saturated heterocycles. The standard InChI is InChI=1S/C12H22N2O/c13-10-12-6-5-8-14(11-12)7-3-1-2-4-9-15/h12,15H,1-9,11H2. The number of rotatable bonds is 6. The van der Waals surface area contributed by atoms with Gasteiger partial charge in [0.25, 0.3) is 0 Å². The number of hydrogen-bond donors (Lipinski definition) is 1. The van der Waals surface area contributed by atoms with Gasteiger partial charge in [-0.3, -0.25) is 0 Å². The van der Waals surface area contributed by atoms with Crippen molar-refractivity contribution >= 4 is 0 Å². The van der Waals surface area contributed by atoms with Crippen LogP contribution < -0.4 is 0 Å². The zero-order chi connectivity index (χ0) is 10.9. The van der Waals surface area contributed by atoms with E-state index < -0.39 is 0 Å². The summed E-state index contributed by atoms with van der Waals surface area (Å²) < 4.78 is 0. The molecule has 0 aromatic carbocycles. The molecule has 0 saturated carbocycles.